The predicted molar refractivity (Wildman–Crippen MR) is 121 cm³/mol. The number of carboxylic acid groups (broad SMARTS) is 1. The number of aryl methyl sites for hydroxylation is 1. The number of fused-ring (bicyclic) bond motifs is 1. The van der Waals surface area contributed by atoms with Gasteiger partial charge in [0.15, 0.2) is 0 Å². The summed E-state index contributed by atoms with van der Waals surface area (Å²) in [4.78, 5) is 19.0. The first kappa shape index (κ1) is 21.5. The molecule has 1 fully saturated rings. The molecule has 10 heteroatoms. The molecule has 1 aliphatic rings. The van der Waals surface area contributed by atoms with Crippen LogP contribution in [0.3, 0.4) is 0 Å². The number of aromatic nitrogens is 1. The molecular formula is C21H24N4O4S2. The van der Waals surface area contributed by atoms with E-state index in [9.17, 15) is 13.2 Å². The third-order valence-corrected chi connectivity index (χ3v) is 8.33. The molecular weight excluding hydrogens is 436 g/mol. The van der Waals surface area contributed by atoms with E-state index < -0.39 is 16.1 Å². The van der Waals surface area contributed by atoms with Crippen LogP contribution in [0.4, 0.5) is 10.6 Å². The van der Waals surface area contributed by atoms with Crippen molar-refractivity contribution in [1.82, 2.24) is 14.6 Å². The molecule has 2 N–H and O–H groups in total. The summed E-state index contributed by atoms with van der Waals surface area (Å²) in [6.07, 6.45) is 2.27. The molecule has 0 bridgehead atoms. The minimum Gasteiger partial charge on any atom is -0.465 e. The highest BCUT2D eigenvalue weighted by Gasteiger charge is 2.24. The van der Waals surface area contributed by atoms with Crippen molar-refractivity contribution >= 4 is 43.4 Å². The maximum Gasteiger partial charge on any atom is 0.407 e. The number of nitrogens with zero attached hydrogens (tertiary/aromatic N) is 3. The number of anilines is 1. The van der Waals surface area contributed by atoms with Crippen LogP contribution in [0.2, 0.25) is 0 Å². The van der Waals surface area contributed by atoms with E-state index in [-0.39, 0.29) is 4.21 Å². The normalized spacial score (nSPS) is 14.8. The Labute approximate surface area is 185 Å². The van der Waals surface area contributed by atoms with Crippen molar-refractivity contribution in [2.45, 2.75) is 17.1 Å². The summed E-state index contributed by atoms with van der Waals surface area (Å²) < 4.78 is 29.4. The minimum absolute atomic E-state index is 0.264. The smallest absolute Gasteiger partial charge is 0.407 e. The maximum atomic E-state index is 12.8. The number of hydrogen-bond acceptors (Lipinski definition) is 6. The highest BCUT2D eigenvalue weighted by molar-refractivity contribution is 7.91. The topological polar surface area (TPSA) is 103 Å². The van der Waals surface area contributed by atoms with Crippen LogP contribution in [0.1, 0.15) is 12.0 Å². The Morgan fingerprint density at radius 1 is 1.13 bits per heavy atom. The highest BCUT2D eigenvalue weighted by Crippen LogP contribution is 2.34. The molecule has 0 saturated carbocycles. The van der Waals surface area contributed by atoms with Crippen molar-refractivity contribution in [1.29, 1.82) is 0 Å². The van der Waals surface area contributed by atoms with Crippen LogP contribution in [-0.4, -0.2) is 62.2 Å². The van der Waals surface area contributed by atoms with Crippen LogP contribution in [-0.2, 0) is 16.4 Å². The number of carbonyl (C=O) groups is 1. The van der Waals surface area contributed by atoms with Gasteiger partial charge in [0.2, 0.25) is 10.0 Å². The van der Waals surface area contributed by atoms with Gasteiger partial charge in [0, 0.05) is 49.0 Å². The summed E-state index contributed by atoms with van der Waals surface area (Å²) >= 11 is 1.22. The zero-order valence-corrected chi connectivity index (χ0v) is 18.5. The molecule has 2 aromatic heterocycles. The molecule has 3 aromatic rings. The van der Waals surface area contributed by atoms with E-state index in [1.807, 2.05) is 41.3 Å². The molecule has 0 aliphatic carbocycles. The standard InChI is InChI=1S/C21H24N4O4S2/c26-21(27)25-13-11-24(12-14-25)20-17-15-19(30-18(17)8-10-22-20)31(28,29)23-9-4-7-16-5-2-1-3-6-16/h1-3,5-6,8,10,15,23H,4,7,9,11-14H2,(H,26,27). The SMILES string of the molecule is O=C(O)N1CCN(c2nccc3sc(S(=O)(=O)NCCCc4ccccc4)cc23)CC1. The molecule has 0 unspecified atom stereocenters. The van der Waals surface area contributed by atoms with E-state index in [0.29, 0.717) is 38.5 Å². The zero-order valence-electron chi connectivity index (χ0n) is 16.9. The number of rotatable bonds is 7. The molecule has 4 rings (SSSR count). The lowest BCUT2D eigenvalue weighted by molar-refractivity contribution is 0.142. The largest absolute Gasteiger partial charge is 0.465 e. The second-order valence-electron chi connectivity index (χ2n) is 7.36. The lowest BCUT2D eigenvalue weighted by Gasteiger charge is -2.34. The molecule has 1 saturated heterocycles. The number of benzene rings is 1. The van der Waals surface area contributed by atoms with Gasteiger partial charge < -0.3 is 14.9 Å². The van der Waals surface area contributed by atoms with Gasteiger partial charge >= 0.3 is 6.09 Å². The molecule has 1 aromatic carbocycles. The molecule has 164 valence electrons. The number of nitrogens with one attached hydrogen (secondary N) is 1. The van der Waals surface area contributed by atoms with Crippen LogP contribution in [0.5, 0.6) is 0 Å². The van der Waals surface area contributed by atoms with E-state index in [2.05, 4.69) is 9.71 Å². The van der Waals surface area contributed by atoms with Gasteiger partial charge in [-0.3, -0.25) is 0 Å². The van der Waals surface area contributed by atoms with Crippen molar-refractivity contribution < 1.29 is 18.3 Å². The lowest BCUT2D eigenvalue weighted by Crippen LogP contribution is -2.48. The van der Waals surface area contributed by atoms with Crippen molar-refractivity contribution in [3.63, 3.8) is 0 Å². The van der Waals surface area contributed by atoms with Crippen molar-refractivity contribution in [2.24, 2.45) is 0 Å². The average molecular weight is 461 g/mol. The minimum atomic E-state index is -3.61. The maximum absolute atomic E-state index is 12.8. The number of hydrogen-bond donors (Lipinski definition) is 2. The second-order valence-corrected chi connectivity index (χ2v) is 10.4. The Morgan fingerprint density at radius 2 is 1.87 bits per heavy atom. The van der Waals surface area contributed by atoms with Crippen molar-refractivity contribution in [2.75, 3.05) is 37.6 Å². The van der Waals surface area contributed by atoms with Crippen LogP contribution < -0.4 is 9.62 Å². The molecule has 0 spiro atoms. The Balaban J connectivity index is 1.45. The van der Waals surface area contributed by atoms with Gasteiger partial charge in [-0.2, -0.15) is 0 Å². The number of piperazine rings is 1. The molecule has 31 heavy (non-hydrogen) atoms. The molecule has 0 radical (unpaired) electrons. The summed E-state index contributed by atoms with van der Waals surface area (Å²) in [6.45, 7) is 2.20. The predicted octanol–water partition coefficient (Wildman–Crippen LogP) is 3.01. The zero-order chi connectivity index (χ0) is 21.8. The average Bonchev–Trinajstić information content (AvgIpc) is 3.23. The Kier molecular flexibility index (Phi) is 6.40. The van der Waals surface area contributed by atoms with Gasteiger partial charge in [-0.05, 0) is 30.5 Å². The summed E-state index contributed by atoms with van der Waals surface area (Å²) in [5.41, 5.74) is 1.18. The van der Waals surface area contributed by atoms with Gasteiger partial charge in [-0.15, -0.1) is 11.3 Å². The Morgan fingerprint density at radius 3 is 2.58 bits per heavy atom. The van der Waals surface area contributed by atoms with E-state index in [1.54, 1.807) is 12.3 Å². The molecule has 3 heterocycles. The molecule has 1 amide bonds. The van der Waals surface area contributed by atoms with Crippen molar-refractivity contribution in [3.05, 3.63) is 54.2 Å². The fraction of sp³-hybridized carbons (Fsp3) is 0.333. The second kappa shape index (κ2) is 9.21. The third kappa shape index (κ3) is 4.97. The fourth-order valence-corrected chi connectivity index (χ4v) is 6.13. The van der Waals surface area contributed by atoms with Gasteiger partial charge in [-0.1, -0.05) is 30.3 Å². The Bertz CT molecular complexity index is 1160. The number of thiophene rings is 1. The molecule has 1 aliphatic heterocycles. The van der Waals surface area contributed by atoms with E-state index in [1.165, 1.54) is 21.8 Å². The van der Waals surface area contributed by atoms with Crippen LogP contribution in [0.25, 0.3) is 10.1 Å². The van der Waals surface area contributed by atoms with E-state index in [0.717, 1.165) is 22.9 Å². The van der Waals surface area contributed by atoms with Crippen molar-refractivity contribution in [3.8, 4) is 0 Å². The van der Waals surface area contributed by atoms with Gasteiger partial charge in [0.25, 0.3) is 0 Å². The number of pyridine rings is 1. The van der Waals surface area contributed by atoms with Crippen LogP contribution in [0, 0.1) is 0 Å². The van der Waals surface area contributed by atoms with Gasteiger partial charge in [0.1, 0.15) is 10.0 Å². The third-order valence-electron chi connectivity index (χ3n) is 5.29. The first-order chi connectivity index (χ1) is 14.9. The summed E-state index contributed by atoms with van der Waals surface area (Å²) in [6, 6.07) is 13.5. The number of amides is 1. The van der Waals surface area contributed by atoms with Gasteiger partial charge in [0.05, 0.1) is 0 Å². The monoisotopic (exact) mass is 460 g/mol. The molecule has 0 atom stereocenters. The summed E-state index contributed by atoms with van der Waals surface area (Å²) in [7, 11) is -3.61. The molecule has 8 nitrogen and oxygen atoms in total. The first-order valence-electron chi connectivity index (χ1n) is 10.1. The van der Waals surface area contributed by atoms with E-state index in [4.69, 9.17) is 5.11 Å². The first-order valence-corrected chi connectivity index (χ1v) is 12.4. The Hall–Kier alpha value is -2.69. The summed E-state index contributed by atoms with van der Waals surface area (Å²) in [5.74, 6) is 0.698. The summed E-state index contributed by atoms with van der Waals surface area (Å²) in [5, 5.41) is 9.91. The lowest BCUT2D eigenvalue weighted by atomic mass is 10.1. The number of sulfonamides is 1. The fourth-order valence-electron chi connectivity index (χ4n) is 3.63. The highest BCUT2D eigenvalue weighted by atomic mass is 32.2. The van der Waals surface area contributed by atoms with Gasteiger partial charge in [-0.25, -0.2) is 22.9 Å². The van der Waals surface area contributed by atoms with E-state index >= 15 is 0 Å². The van der Waals surface area contributed by atoms with Crippen LogP contribution >= 0.6 is 11.3 Å². The quantitative estimate of drug-likeness (QED) is 0.526. The van der Waals surface area contributed by atoms with Crippen LogP contribution in [0.15, 0.2) is 52.9 Å².